The van der Waals surface area contributed by atoms with Gasteiger partial charge in [0.2, 0.25) is 10.0 Å². The molecule has 0 fully saturated rings. The Hall–Kier alpha value is -2.16. The minimum atomic E-state index is -4.21. The first-order valence-electron chi connectivity index (χ1n) is 8.91. The Morgan fingerprint density at radius 1 is 0.933 bits per heavy atom. The van der Waals surface area contributed by atoms with E-state index in [1.165, 1.54) is 30.3 Å². The lowest BCUT2D eigenvalue weighted by Crippen LogP contribution is -2.30. The summed E-state index contributed by atoms with van der Waals surface area (Å²) in [6, 6.07) is 15.1. The predicted octanol–water partition coefficient (Wildman–Crippen LogP) is 4.69. The van der Waals surface area contributed by atoms with Gasteiger partial charge in [0.15, 0.2) is 5.75 Å². The van der Waals surface area contributed by atoms with Crippen molar-refractivity contribution in [3.05, 3.63) is 93.2 Å². The first kappa shape index (κ1) is 22.5. The van der Waals surface area contributed by atoms with Crippen LogP contribution in [0.1, 0.15) is 16.7 Å². The van der Waals surface area contributed by atoms with Gasteiger partial charge in [0.05, 0.1) is 5.02 Å². The fourth-order valence-corrected chi connectivity index (χ4v) is 5.12. The molecule has 30 heavy (non-hydrogen) atoms. The predicted molar refractivity (Wildman–Crippen MR) is 115 cm³/mol. The molecule has 0 unspecified atom stereocenters. The van der Waals surface area contributed by atoms with E-state index in [4.69, 9.17) is 28.9 Å². The van der Waals surface area contributed by atoms with Crippen molar-refractivity contribution in [3.8, 4) is 5.75 Å². The van der Waals surface area contributed by atoms with Gasteiger partial charge in [0.1, 0.15) is 10.7 Å². The van der Waals surface area contributed by atoms with Crippen LogP contribution in [-0.2, 0) is 29.7 Å². The van der Waals surface area contributed by atoms with Crippen LogP contribution in [0.4, 0.5) is 4.39 Å². The Bertz CT molecular complexity index is 1160. The summed E-state index contributed by atoms with van der Waals surface area (Å²) in [5.41, 5.74) is 7.81. The average Bonchev–Trinajstić information content (AvgIpc) is 2.71. The molecule has 0 heterocycles. The highest BCUT2D eigenvalue weighted by atomic mass is 35.5. The van der Waals surface area contributed by atoms with Gasteiger partial charge in [-0.25, -0.2) is 12.8 Å². The van der Waals surface area contributed by atoms with E-state index >= 15 is 0 Å². The number of phenols is 1. The van der Waals surface area contributed by atoms with E-state index in [1.807, 2.05) is 6.07 Å². The summed E-state index contributed by atoms with van der Waals surface area (Å²) in [4.78, 5) is -0.405. The van der Waals surface area contributed by atoms with Crippen LogP contribution in [0.3, 0.4) is 0 Å². The zero-order valence-corrected chi connectivity index (χ0v) is 18.1. The third kappa shape index (κ3) is 5.11. The van der Waals surface area contributed by atoms with Crippen molar-refractivity contribution in [1.29, 1.82) is 0 Å². The molecule has 0 bridgehead atoms. The van der Waals surface area contributed by atoms with Gasteiger partial charge in [0.25, 0.3) is 0 Å². The summed E-state index contributed by atoms with van der Waals surface area (Å²) in [5.74, 6) is -1.01. The average molecular weight is 469 g/mol. The molecule has 0 atom stereocenters. The lowest BCUT2D eigenvalue weighted by atomic mass is 10.1. The number of nitrogens with two attached hydrogens (primary N) is 1. The van der Waals surface area contributed by atoms with Crippen molar-refractivity contribution in [2.24, 2.45) is 5.73 Å². The normalized spacial score (nSPS) is 11.8. The summed E-state index contributed by atoms with van der Waals surface area (Å²) in [6.07, 6.45) is 0. The number of sulfonamides is 1. The summed E-state index contributed by atoms with van der Waals surface area (Å²) in [7, 11) is -4.21. The third-order valence-corrected chi connectivity index (χ3v) is 6.78. The van der Waals surface area contributed by atoms with E-state index in [0.717, 1.165) is 15.9 Å². The van der Waals surface area contributed by atoms with Crippen LogP contribution < -0.4 is 5.73 Å². The van der Waals surface area contributed by atoms with E-state index in [-0.39, 0.29) is 23.1 Å². The van der Waals surface area contributed by atoms with E-state index in [0.29, 0.717) is 17.7 Å². The number of benzene rings is 3. The molecule has 3 aromatic rings. The quantitative estimate of drug-likeness (QED) is 0.526. The van der Waals surface area contributed by atoms with Gasteiger partial charge in [0, 0.05) is 24.7 Å². The molecule has 0 radical (unpaired) electrons. The summed E-state index contributed by atoms with van der Waals surface area (Å²) >= 11 is 11.9. The fourth-order valence-electron chi connectivity index (χ4n) is 2.96. The zero-order valence-electron chi connectivity index (χ0n) is 15.7. The lowest BCUT2D eigenvalue weighted by Gasteiger charge is -2.23. The Balaban J connectivity index is 2.06. The largest absolute Gasteiger partial charge is 0.505 e. The highest BCUT2D eigenvalue weighted by molar-refractivity contribution is 7.89. The van der Waals surface area contributed by atoms with Crippen LogP contribution in [0, 0.1) is 5.82 Å². The SMILES string of the molecule is NCc1cccc(CN(Cc2ccc(F)cc2)S(=O)(=O)c2cc(Cl)cc(Cl)c2O)c1. The molecule has 0 amide bonds. The molecule has 0 saturated heterocycles. The van der Waals surface area contributed by atoms with Gasteiger partial charge in [-0.2, -0.15) is 4.31 Å². The Kier molecular flexibility index (Phi) is 7.00. The topological polar surface area (TPSA) is 83.6 Å². The number of nitrogens with zero attached hydrogens (tertiary/aromatic N) is 1. The highest BCUT2D eigenvalue weighted by Crippen LogP contribution is 2.36. The molecule has 0 aliphatic heterocycles. The molecule has 0 aliphatic carbocycles. The molecular weight excluding hydrogens is 450 g/mol. The van der Waals surface area contributed by atoms with Gasteiger partial charge >= 0.3 is 0 Å². The van der Waals surface area contributed by atoms with E-state index in [9.17, 15) is 17.9 Å². The van der Waals surface area contributed by atoms with Crippen molar-refractivity contribution in [2.75, 3.05) is 0 Å². The zero-order chi connectivity index (χ0) is 21.9. The molecule has 3 rings (SSSR count). The second-order valence-corrected chi connectivity index (χ2v) is 9.41. The van der Waals surface area contributed by atoms with E-state index in [2.05, 4.69) is 0 Å². The molecular formula is C21H19Cl2FN2O3S. The molecule has 3 N–H and O–H groups in total. The lowest BCUT2D eigenvalue weighted by molar-refractivity contribution is 0.394. The van der Waals surface area contributed by atoms with Gasteiger partial charge in [-0.3, -0.25) is 0 Å². The molecule has 0 spiro atoms. The Morgan fingerprint density at radius 2 is 1.57 bits per heavy atom. The van der Waals surface area contributed by atoms with Gasteiger partial charge in [-0.1, -0.05) is 59.6 Å². The molecule has 158 valence electrons. The van der Waals surface area contributed by atoms with Crippen molar-refractivity contribution in [3.63, 3.8) is 0 Å². The third-order valence-electron chi connectivity index (χ3n) is 4.47. The second kappa shape index (κ2) is 9.32. The number of rotatable bonds is 7. The standard InChI is InChI=1S/C21H19Cl2FN2O3S/c22-17-9-19(23)21(27)20(10-17)30(28,29)26(12-14-4-6-18(24)7-5-14)13-16-3-1-2-15(8-16)11-25/h1-10,27H,11-13,25H2. The Morgan fingerprint density at radius 3 is 2.23 bits per heavy atom. The van der Waals surface area contributed by atoms with Crippen LogP contribution in [0.2, 0.25) is 10.0 Å². The molecule has 5 nitrogen and oxygen atoms in total. The molecule has 0 aliphatic rings. The number of phenolic OH excluding ortho intramolecular Hbond substituents is 1. The first-order valence-corrected chi connectivity index (χ1v) is 11.1. The summed E-state index contributed by atoms with van der Waals surface area (Å²) in [6.45, 7) is 0.249. The van der Waals surface area contributed by atoms with E-state index < -0.39 is 26.5 Å². The van der Waals surface area contributed by atoms with Gasteiger partial charge in [-0.05, 0) is 41.0 Å². The summed E-state index contributed by atoms with van der Waals surface area (Å²) < 4.78 is 41.3. The van der Waals surface area contributed by atoms with Crippen molar-refractivity contribution in [2.45, 2.75) is 24.5 Å². The van der Waals surface area contributed by atoms with Gasteiger partial charge in [-0.15, -0.1) is 0 Å². The van der Waals surface area contributed by atoms with Crippen LogP contribution in [-0.4, -0.2) is 17.8 Å². The number of hydrogen-bond donors (Lipinski definition) is 2. The first-order chi connectivity index (χ1) is 14.2. The number of hydrogen-bond acceptors (Lipinski definition) is 4. The fraction of sp³-hybridized carbons (Fsp3) is 0.143. The monoisotopic (exact) mass is 468 g/mol. The van der Waals surface area contributed by atoms with Crippen molar-refractivity contribution >= 4 is 33.2 Å². The van der Waals surface area contributed by atoms with E-state index in [1.54, 1.807) is 18.2 Å². The van der Waals surface area contributed by atoms with Crippen LogP contribution in [0.15, 0.2) is 65.6 Å². The molecule has 3 aromatic carbocycles. The molecule has 9 heteroatoms. The Labute approximate surface area is 184 Å². The van der Waals surface area contributed by atoms with Crippen LogP contribution in [0.25, 0.3) is 0 Å². The molecule has 0 saturated carbocycles. The van der Waals surface area contributed by atoms with Crippen molar-refractivity contribution < 1.29 is 17.9 Å². The van der Waals surface area contributed by atoms with Crippen LogP contribution >= 0.6 is 23.2 Å². The van der Waals surface area contributed by atoms with Crippen molar-refractivity contribution in [1.82, 2.24) is 4.31 Å². The maximum Gasteiger partial charge on any atom is 0.247 e. The molecule has 0 aromatic heterocycles. The maximum atomic E-state index is 13.4. The minimum Gasteiger partial charge on any atom is -0.505 e. The van der Waals surface area contributed by atoms with Crippen LogP contribution in [0.5, 0.6) is 5.75 Å². The van der Waals surface area contributed by atoms with Gasteiger partial charge < -0.3 is 10.8 Å². The maximum absolute atomic E-state index is 13.4. The smallest absolute Gasteiger partial charge is 0.247 e. The number of aromatic hydroxyl groups is 1. The second-order valence-electron chi connectivity index (χ2n) is 6.66. The highest BCUT2D eigenvalue weighted by Gasteiger charge is 2.29. The summed E-state index contributed by atoms with van der Waals surface area (Å²) in [5, 5.41) is 10.2. The number of halogens is 3. The minimum absolute atomic E-state index is 0.00286.